The van der Waals surface area contributed by atoms with E-state index >= 15 is 0 Å². The second kappa shape index (κ2) is 11.8. The summed E-state index contributed by atoms with van der Waals surface area (Å²) in [5.74, 6) is -0.0620. The Hall–Kier alpha value is -3.75. The SMILES string of the molecule is C=CCN1CC[C@@H](CC(=O)NO)[C@H](NC(=O)c2ccc(OCc3cc(C)nc4ccccc34)cc2)C1. The smallest absolute Gasteiger partial charge is 0.251 e. The minimum atomic E-state index is -0.449. The van der Waals surface area contributed by atoms with Crippen LogP contribution in [-0.4, -0.2) is 52.6 Å². The van der Waals surface area contributed by atoms with Crippen LogP contribution in [-0.2, 0) is 11.4 Å². The lowest BCUT2D eigenvalue weighted by Crippen LogP contribution is -2.53. The summed E-state index contributed by atoms with van der Waals surface area (Å²) >= 11 is 0. The van der Waals surface area contributed by atoms with Gasteiger partial charge < -0.3 is 10.1 Å². The predicted molar refractivity (Wildman–Crippen MR) is 138 cm³/mol. The van der Waals surface area contributed by atoms with Gasteiger partial charge in [0.05, 0.1) is 5.52 Å². The number of rotatable bonds is 9. The standard InChI is InChI=1S/C28H32N4O4/c1-3-13-32-14-12-21(16-27(33)31-35)26(17-32)30-28(34)20-8-10-23(11-9-20)36-18-22-15-19(2)29-25-7-5-4-6-24(22)25/h3-11,15,21,26,35H,1,12-14,16-18H2,2H3,(H,30,34)(H,31,33)/t21-,26+/m0/s1. The van der Waals surface area contributed by atoms with Crippen molar-refractivity contribution in [3.8, 4) is 5.75 Å². The molecule has 0 saturated carbocycles. The van der Waals surface area contributed by atoms with Crippen LogP contribution in [0.3, 0.4) is 0 Å². The highest BCUT2D eigenvalue weighted by Gasteiger charge is 2.31. The van der Waals surface area contributed by atoms with Gasteiger partial charge in [0.15, 0.2) is 0 Å². The third kappa shape index (κ3) is 6.27. The van der Waals surface area contributed by atoms with Crippen LogP contribution in [0.25, 0.3) is 10.9 Å². The van der Waals surface area contributed by atoms with Gasteiger partial charge in [-0.1, -0.05) is 24.3 Å². The van der Waals surface area contributed by atoms with Crippen LogP contribution < -0.4 is 15.5 Å². The van der Waals surface area contributed by atoms with Crippen molar-refractivity contribution in [1.29, 1.82) is 0 Å². The number of hydroxylamine groups is 1. The van der Waals surface area contributed by atoms with E-state index < -0.39 is 5.91 Å². The van der Waals surface area contributed by atoms with Crippen molar-refractivity contribution >= 4 is 22.7 Å². The Bertz CT molecular complexity index is 1230. The molecule has 1 aliphatic rings. The number of hydrogen-bond donors (Lipinski definition) is 3. The number of piperidine rings is 1. The second-order valence-corrected chi connectivity index (χ2v) is 9.17. The first-order chi connectivity index (χ1) is 17.5. The van der Waals surface area contributed by atoms with Gasteiger partial charge in [-0.2, -0.15) is 0 Å². The first-order valence-electron chi connectivity index (χ1n) is 12.1. The van der Waals surface area contributed by atoms with Crippen LogP contribution in [0, 0.1) is 12.8 Å². The lowest BCUT2D eigenvalue weighted by atomic mass is 9.88. The number of para-hydroxylation sites is 1. The predicted octanol–water partition coefficient (Wildman–Crippen LogP) is 3.62. The molecule has 3 N–H and O–H groups in total. The van der Waals surface area contributed by atoms with Gasteiger partial charge >= 0.3 is 0 Å². The molecule has 8 heteroatoms. The molecular weight excluding hydrogens is 456 g/mol. The lowest BCUT2D eigenvalue weighted by molar-refractivity contribution is -0.130. The average molecular weight is 489 g/mol. The fraction of sp³-hybridized carbons (Fsp3) is 0.321. The Labute approximate surface area is 210 Å². The number of amides is 2. The number of benzene rings is 2. The molecule has 36 heavy (non-hydrogen) atoms. The number of fused-ring (bicyclic) bond motifs is 1. The van der Waals surface area contributed by atoms with E-state index in [1.165, 1.54) is 0 Å². The Morgan fingerprint density at radius 3 is 2.75 bits per heavy atom. The first kappa shape index (κ1) is 25.3. The Morgan fingerprint density at radius 2 is 2.00 bits per heavy atom. The van der Waals surface area contributed by atoms with Gasteiger partial charge in [0, 0.05) is 47.8 Å². The van der Waals surface area contributed by atoms with Gasteiger partial charge in [0.25, 0.3) is 5.91 Å². The van der Waals surface area contributed by atoms with E-state index in [4.69, 9.17) is 9.94 Å². The number of aromatic nitrogens is 1. The minimum absolute atomic E-state index is 0.0663. The van der Waals surface area contributed by atoms with Gasteiger partial charge in [0.1, 0.15) is 12.4 Å². The lowest BCUT2D eigenvalue weighted by Gasteiger charge is -2.38. The van der Waals surface area contributed by atoms with Crippen LogP contribution in [0.15, 0.2) is 67.3 Å². The molecule has 3 aromatic rings. The summed E-state index contributed by atoms with van der Waals surface area (Å²) in [6.45, 7) is 8.28. The monoisotopic (exact) mass is 488 g/mol. The van der Waals surface area contributed by atoms with Gasteiger partial charge in [0.2, 0.25) is 5.91 Å². The summed E-state index contributed by atoms with van der Waals surface area (Å²) in [7, 11) is 0. The fourth-order valence-electron chi connectivity index (χ4n) is 4.74. The van der Waals surface area contributed by atoms with E-state index in [0.717, 1.165) is 35.1 Å². The fourth-order valence-corrected chi connectivity index (χ4v) is 4.74. The molecule has 2 aromatic carbocycles. The summed E-state index contributed by atoms with van der Waals surface area (Å²) in [5, 5.41) is 13.1. The number of ether oxygens (including phenoxy) is 1. The highest BCUT2D eigenvalue weighted by Crippen LogP contribution is 2.23. The number of hydrogen-bond acceptors (Lipinski definition) is 6. The molecule has 188 valence electrons. The molecule has 0 aliphatic carbocycles. The maximum absolute atomic E-state index is 13.0. The largest absolute Gasteiger partial charge is 0.489 e. The van der Waals surface area contributed by atoms with Gasteiger partial charge in [-0.15, -0.1) is 6.58 Å². The van der Waals surface area contributed by atoms with Crippen LogP contribution in [0.1, 0.15) is 34.5 Å². The van der Waals surface area contributed by atoms with E-state index in [9.17, 15) is 9.59 Å². The molecule has 0 spiro atoms. The van der Waals surface area contributed by atoms with Crippen LogP contribution in [0.4, 0.5) is 0 Å². The quantitative estimate of drug-likeness (QED) is 0.241. The molecular formula is C28H32N4O4. The molecule has 2 atom stereocenters. The van der Waals surface area contributed by atoms with E-state index in [1.807, 2.05) is 43.3 Å². The number of carbonyl (C=O) groups excluding carboxylic acids is 2. The van der Waals surface area contributed by atoms with Crippen molar-refractivity contribution in [1.82, 2.24) is 20.7 Å². The highest BCUT2D eigenvalue weighted by molar-refractivity contribution is 5.94. The summed E-state index contributed by atoms with van der Waals surface area (Å²) in [6, 6.07) is 16.8. The molecule has 0 unspecified atom stereocenters. The van der Waals surface area contributed by atoms with Gasteiger partial charge in [-0.25, -0.2) is 5.48 Å². The third-order valence-electron chi connectivity index (χ3n) is 6.56. The van der Waals surface area contributed by atoms with Gasteiger partial charge in [-0.05, 0) is 62.2 Å². The molecule has 8 nitrogen and oxygen atoms in total. The summed E-state index contributed by atoms with van der Waals surface area (Å²) in [5.41, 5.74) is 5.14. The molecule has 0 radical (unpaired) electrons. The molecule has 1 fully saturated rings. The van der Waals surface area contributed by atoms with Crippen LogP contribution in [0.2, 0.25) is 0 Å². The number of aryl methyl sites for hydroxylation is 1. The van der Waals surface area contributed by atoms with Crippen molar-refractivity contribution in [2.75, 3.05) is 19.6 Å². The normalized spacial score (nSPS) is 17.9. The van der Waals surface area contributed by atoms with E-state index in [1.54, 1.807) is 29.7 Å². The Morgan fingerprint density at radius 1 is 1.22 bits per heavy atom. The molecule has 1 aliphatic heterocycles. The van der Waals surface area contributed by atoms with E-state index in [0.29, 0.717) is 31.0 Å². The Balaban J connectivity index is 1.40. The van der Waals surface area contributed by atoms with Crippen molar-refractivity contribution in [2.45, 2.75) is 32.4 Å². The van der Waals surface area contributed by atoms with Gasteiger partial charge in [-0.3, -0.25) is 24.7 Å². The third-order valence-corrected chi connectivity index (χ3v) is 6.56. The first-order valence-corrected chi connectivity index (χ1v) is 12.1. The highest BCUT2D eigenvalue weighted by atomic mass is 16.5. The Kier molecular flexibility index (Phi) is 8.30. The van der Waals surface area contributed by atoms with Crippen molar-refractivity contribution in [3.05, 3.63) is 84.1 Å². The summed E-state index contributed by atoms with van der Waals surface area (Å²) < 4.78 is 6.01. The topological polar surface area (TPSA) is 104 Å². The minimum Gasteiger partial charge on any atom is -0.489 e. The van der Waals surface area contributed by atoms with Crippen LogP contribution in [0.5, 0.6) is 5.75 Å². The van der Waals surface area contributed by atoms with Crippen molar-refractivity contribution in [3.63, 3.8) is 0 Å². The summed E-state index contributed by atoms with van der Waals surface area (Å²) in [4.78, 5) is 31.5. The summed E-state index contributed by atoms with van der Waals surface area (Å²) in [6.07, 6.45) is 2.72. The van der Waals surface area contributed by atoms with E-state index in [-0.39, 0.29) is 24.3 Å². The molecule has 2 amide bonds. The number of nitrogens with zero attached hydrogens (tertiary/aromatic N) is 2. The van der Waals surface area contributed by atoms with Crippen molar-refractivity contribution in [2.24, 2.45) is 5.92 Å². The zero-order chi connectivity index (χ0) is 25.5. The van der Waals surface area contributed by atoms with Crippen molar-refractivity contribution < 1.29 is 19.5 Å². The molecule has 1 saturated heterocycles. The second-order valence-electron chi connectivity index (χ2n) is 9.17. The average Bonchev–Trinajstić information content (AvgIpc) is 2.89. The number of likely N-dealkylation sites (tertiary alicyclic amines) is 1. The molecule has 4 rings (SSSR count). The number of nitrogens with one attached hydrogen (secondary N) is 2. The molecule has 2 heterocycles. The van der Waals surface area contributed by atoms with Crippen LogP contribution >= 0.6 is 0 Å². The number of carbonyl (C=O) groups is 2. The van der Waals surface area contributed by atoms with E-state index in [2.05, 4.69) is 21.8 Å². The molecule has 0 bridgehead atoms. The molecule has 1 aromatic heterocycles. The zero-order valence-corrected chi connectivity index (χ0v) is 20.4. The maximum atomic E-state index is 13.0. The number of pyridine rings is 1. The maximum Gasteiger partial charge on any atom is 0.251 e. The zero-order valence-electron chi connectivity index (χ0n) is 20.4.